The average Bonchev–Trinajstić information content (AvgIpc) is 2.47. The highest BCUT2D eigenvalue weighted by atomic mass is 16.1. The molecule has 0 saturated heterocycles. The minimum Gasteiger partial charge on any atom is -0.294 e. The van der Waals surface area contributed by atoms with Gasteiger partial charge in [-0.15, -0.1) is 0 Å². The molecule has 2 aromatic carbocycles. The Morgan fingerprint density at radius 1 is 0.900 bits per heavy atom. The number of hydrogen-bond acceptors (Lipinski definition) is 1. The normalized spacial score (nSPS) is 10.5. The van der Waals surface area contributed by atoms with Crippen LogP contribution in [0.5, 0.6) is 0 Å². The summed E-state index contributed by atoms with van der Waals surface area (Å²) in [6.45, 7) is 4.23. The smallest absolute Gasteiger partial charge is 0.167 e. The number of hydrogen-bond donors (Lipinski definition) is 0. The molecule has 0 bridgehead atoms. The Morgan fingerprint density at radius 2 is 1.50 bits per heavy atom. The van der Waals surface area contributed by atoms with Crippen molar-refractivity contribution >= 4 is 5.78 Å². The quantitative estimate of drug-likeness (QED) is 0.689. The van der Waals surface area contributed by atoms with Crippen LogP contribution in [-0.2, 0) is 12.8 Å². The highest BCUT2D eigenvalue weighted by Crippen LogP contribution is 2.12. The second kappa shape index (κ2) is 7.04. The van der Waals surface area contributed by atoms with Crippen molar-refractivity contribution < 1.29 is 4.79 Å². The van der Waals surface area contributed by atoms with E-state index in [4.69, 9.17) is 0 Å². The van der Waals surface area contributed by atoms with Crippen molar-refractivity contribution in [3.05, 3.63) is 70.8 Å². The molecule has 1 nitrogen and oxygen atoms in total. The summed E-state index contributed by atoms with van der Waals surface area (Å²) in [4.78, 5) is 12.2. The van der Waals surface area contributed by atoms with Gasteiger partial charge in [0, 0.05) is 12.0 Å². The van der Waals surface area contributed by atoms with E-state index in [1.807, 2.05) is 31.2 Å². The lowest BCUT2D eigenvalue weighted by Crippen LogP contribution is -2.03. The molecule has 0 heterocycles. The van der Waals surface area contributed by atoms with E-state index in [9.17, 15) is 4.79 Å². The largest absolute Gasteiger partial charge is 0.294 e. The van der Waals surface area contributed by atoms with Gasteiger partial charge in [0.25, 0.3) is 0 Å². The van der Waals surface area contributed by atoms with Crippen LogP contribution >= 0.6 is 0 Å². The van der Waals surface area contributed by atoms with Crippen molar-refractivity contribution in [3.8, 4) is 0 Å². The van der Waals surface area contributed by atoms with Gasteiger partial charge in [0.1, 0.15) is 0 Å². The minimum absolute atomic E-state index is 0.186. The van der Waals surface area contributed by atoms with E-state index in [0.29, 0.717) is 6.42 Å². The maximum atomic E-state index is 12.2. The van der Waals surface area contributed by atoms with Crippen LogP contribution in [0.2, 0.25) is 0 Å². The molecule has 0 aliphatic carbocycles. The summed E-state index contributed by atoms with van der Waals surface area (Å²) in [7, 11) is 0. The van der Waals surface area contributed by atoms with E-state index < -0.39 is 0 Å². The Balaban J connectivity index is 1.99. The Bertz CT molecular complexity index is 549. The Kier molecular flexibility index (Phi) is 5.11. The zero-order valence-electron chi connectivity index (χ0n) is 12.4. The molecule has 0 atom stereocenters. The van der Waals surface area contributed by atoms with E-state index in [1.165, 1.54) is 24.0 Å². The molecule has 0 spiro atoms. The summed E-state index contributed by atoms with van der Waals surface area (Å²) in [5.74, 6) is 0.186. The van der Waals surface area contributed by atoms with Crippen LogP contribution < -0.4 is 0 Å². The first kappa shape index (κ1) is 14.5. The first-order valence-corrected chi connectivity index (χ1v) is 7.36. The SMILES string of the molecule is CCCCc1ccc(CC(=O)c2ccc(C)cc2)cc1. The Hall–Kier alpha value is -1.89. The summed E-state index contributed by atoms with van der Waals surface area (Å²) in [6.07, 6.45) is 4.05. The van der Waals surface area contributed by atoms with Crippen molar-refractivity contribution in [2.24, 2.45) is 0 Å². The standard InChI is InChI=1S/C19H22O/c1-3-4-5-16-8-10-17(11-9-16)14-19(20)18-12-6-15(2)7-13-18/h6-13H,3-5,14H2,1-2H3. The molecule has 0 N–H and O–H groups in total. The zero-order chi connectivity index (χ0) is 14.4. The van der Waals surface area contributed by atoms with Crippen LogP contribution in [0.4, 0.5) is 0 Å². The molecular weight excluding hydrogens is 244 g/mol. The number of unbranched alkanes of at least 4 members (excludes halogenated alkanes) is 1. The molecule has 0 aliphatic heterocycles. The monoisotopic (exact) mass is 266 g/mol. The molecule has 0 aromatic heterocycles. The fourth-order valence-electron chi connectivity index (χ4n) is 2.23. The average molecular weight is 266 g/mol. The molecule has 2 aromatic rings. The first-order chi connectivity index (χ1) is 9.69. The van der Waals surface area contributed by atoms with E-state index in [0.717, 1.165) is 17.5 Å². The van der Waals surface area contributed by atoms with Crippen LogP contribution in [0.25, 0.3) is 0 Å². The molecule has 0 unspecified atom stereocenters. The molecule has 1 heteroatoms. The van der Waals surface area contributed by atoms with Crippen molar-refractivity contribution in [2.75, 3.05) is 0 Å². The van der Waals surface area contributed by atoms with Crippen molar-refractivity contribution in [2.45, 2.75) is 39.5 Å². The number of carbonyl (C=O) groups excluding carboxylic acids is 1. The molecule has 0 fully saturated rings. The maximum absolute atomic E-state index is 12.2. The number of aryl methyl sites for hydroxylation is 2. The van der Waals surface area contributed by atoms with Crippen molar-refractivity contribution in [3.63, 3.8) is 0 Å². The van der Waals surface area contributed by atoms with Gasteiger partial charge in [0.15, 0.2) is 5.78 Å². The zero-order valence-corrected chi connectivity index (χ0v) is 12.4. The predicted molar refractivity (Wildman–Crippen MR) is 84.3 cm³/mol. The van der Waals surface area contributed by atoms with Gasteiger partial charge in [0.05, 0.1) is 0 Å². The maximum Gasteiger partial charge on any atom is 0.167 e. The first-order valence-electron chi connectivity index (χ1n) is 7.36. The second-order valence-corrected chi connectivity index (χ2v) is 5.39. The Morgan fingerprint density at radius 3 is 2.10 bits per heavy atom. The molecule has 2 rings (SSSR count). The third-order valence-electron chi connectivity index (χ3n) is 3.58. The lowest BCUT2D eigenvalue weighted by Gasteiger charge is -2.04. The number of Topliss-reactive ketones (excluding diaryl/α,β-unsaturated/α-hetero) is 1. The number of ketones is 1. The van der Waals surface area contributed by atoms with Crippen LogP contribution in [0.15, 0.2) is 48.5 Å². The highest BCUT2D eigenvalue weighted by molar-refractivity contribution is 5.97. The van der Waals surface area contributed by atoms with E-state index >= 15 is 0 Å². The highest BCUT2D eigenvalue weighted by Gasteiger charge is 2.06. The molecule has 0 amide bonds. The lowest BCUT2D eigenvalue weighted by atomic mass is 10.00. The van der Waals surface area contributed by atoms with Crippen LogP contribution in [0.3, 0.4) is 0 Å². The fraction of sp³-hybridized carbons (Fsp3) is 0.316. The Labute approximate surface area is 121 Å². The fourth-order valence-corrected chi connectivity index (χ4v) is 2.23. The summed E-state index contributed by atoms with van der Waals surface area (Å²) in [6, 6.07) is 16.2. The summed E-state index contributed by atoms with van der Waals surface area (Å²) >= 11 is 0. The van der Waals surface area contributed by atoms with E-state index in [-0.39, 0.29) is 5.78 Å². The van der Waals surface area contributed by atoms with Gasteiger partial charge in [-0.05, 0) is 30.9 Å². The molecule has 104 valence electrons. The second-order valence-electron chi connectivity index (χ2n) is 5.39. The van der Waals surface area contributed by atoms with Crippen molar-refractivity contribution in [1.82, 2.24) is 0 Å². The van der Waals surface area contributed by atoms with Crippen LogP contribution in [0.1, 0.15) is 46.8 Å². The third-order valence-corrected chi connectivity index (χ3v) is 3.58. The number of benzene rings is 2. The van der Waals surface area contributed by atoms with Gasteiger partial charge in [-0.2, -0.15) is 0 Å². The molecule has 20 heavy (non-hydrogen) atoms. The molecular formula is C19H22O. The van der Waals surface area contributed by atoms with Gasteiger partial charge in [-0.3, -0.25) is 4.79 Å². The van der Waals surface area contributed by atoms with Crippen LogP contribution in [-0.4, -0.2) is 5.78 Å². The lowest BCUT2D eigenvalue weighted by molar-refractivity contribution is 0.0993. The van der Waals surface area contributed by atoms with Gasteiger partial charge < -0.3 is 0 Å². The van der Waals surface area contributed by atoms with Gasteiger partial charge in [0.2, 0.25) is 0 Å². The van der Waals surface area contributed by atoms with E-state index in [1.54, 1.807) is 0 Å². The third kappa shape index (κ3) is 4.06. The number of rotatable bonds is 6. The summed E-state index contributed by atoms with van der Waals surface area (Å²) in [5, 5.41) is 0. The number of carbonyl (C=O) groups is 1. The van der Waals surface area contributed by atoms with Gasteiger partial charge >= 0.3 is 0 Å². The molecule has 0 radical (unpaired) electrons. The minimum atomic E-state index is 0.186. The van der Waals surface area contributed by atoms with Crippen LogP contribution in [0, 0.1) is 6.92 Å². The summed E-state index contributed by atoms with van der Waals surface area (Å²) in [5.41, 5.74) is 4.43. The topological polar surface area (TPSA) is 17.1 Å². The summed E-state index contributed by atoms with van der Waals surface area (Å²) < 4.78 is 0. The van der Waals surface area contributed by atoms with Gasteiger partial charge in [-0.25, -0.2) is 0 Å². The molecule has 0 aliphatic rings. The van der Waals surface area contributed by atoms with Crippen molar-refractivity contribution in [1.29, 1.82) is 0 Å². The predicted octanol–water partition coefficient (Wildman–Crippen LogP) is 4.76. The van der Waals surface area contributed by atoms with E-state index in [2.05, 4.69) is 31.2 Å². The van der Waals surface area contributed by atoms with Gasteiger partial charge in [-0.1, -0.05) is 67.4 Å². The molecule has 0 saturated carbocycles.